The Morgan fingerprint density at radius 2 is 1.58 bits per heavy atom. The lowest BCUT2D eigenvalue weighted by atomic mass is 9.76. The van der Waals surface area contributed by atoms with Gasteiger partial charge in [0.05, 0.1) is 22.2 Å². The lowest BCUT2D eigenvalue weighted by molar-refractivity contribution is 0.574. The van der Waals surface area contributed by atoms with Crippen molar-refractivity contribution in [3.63, 3.8) is 0 Å². The van der Waals surface area contributed by atoms with E-state index >= 15 is 0 Å². The maximum atomic E-state index is 9.30. The van der Waals surface area contributed by atoms with Crippen LogP contribution in [0.25, 0.3) is 0 Å². The molecule has 0 amide bonds. The highest BCUT2D eigenvalue weighted by Gasteiger charge is 2.42. The van der Waals surface area contributed by atoms with Gasteiger partial charge in [-0.05, 0) is 18.1 Å². The van der Waals surface area contributed by atoms with Crippen LogP contribution < -0.4 is 0 Å². The van der Waals surface area contributed by atoms with Crippen LogP contribution in [-0.4, -0.2) is 10.1 Å². The number of benzene rings is 1. The summed E-state index contributed by atoms with van der Waals surface area (Å²) in [6, 6.07) is 11.8. The number of hydrogen-bond donors (Lipinski definition) is 2. The first-order valence-corrected chi connectivity index (χ1v) is 6.61. The third-order valence-corrected chi connectivity index (χ3v) is 4.28. The zero-order valence-electron chi connectivity index (χ0n) is 10.3. The Morgan fingerprint density at radius 1 is 1.05 bits per heavy atom. The summed E-state index contributed by atoms with van der Waals surface area (Å²) in [5, 5.41) is 34.7. The van der Waals surface area contributed by atoms with Gasteiger partial charge in [-0.1, -0.05) is 36.0 Å². The summed E-state index contributed by atoms with van der Waals surface area (Å²) in [6.07, 6.45) is 0. The van der Waals surface area contributed by atoms with Crippen LogP contribution in [0.2, 0.25) is 0 Å². The summed E-state index contributed by atoms with van der Waals surface area (Å²) in [6.45, 7) is 1.92. The number of rotatable bonds is 1. The van der Waals surface area contributed by atoms with E-state index in [1.807, 2.05) is 31.2 Å². The van der Waals surface area contributed by atoms with E-state index in [-0.39, 0.29) is 10.1 Å². The van der Waals surface area contributed by atoms with E-state index in [0.717, 1.165) is 22.9 Å². The summed E-state index contributed by atoms with van der Waals surface area (Å²) in [7, 11) is 0. The Balaban J connectivity index is 2.57. The van der Waals surface area contributed by atoms with Gasteiger partial charge < -0.3 is 0 Å². The predicted octanol–water partition coefficient (Wildman–Crippen LogP) is 3.06. The molecule has 2 N–H and O–H groups in total. The van der Waals surface area contributed by atoms with Gasteiger partial charge in [-0.3, -0.25) is 10.8 Å². The monoisotopic (exact) mass is 268 g/mol. The predicted molar refractivity (Wildman–Crippen MR) is 75.2 cm³/mol. The second-order valence-corrected chi connectivity index (χ2v) is 5.51. The van der Waals surface area contributed by atoms with Crippen LogP contribution in [0, 0.1) is 52.2 Å². The summed E-state index contributed by atoms with van der Waals surface area (Å²) in [4.78, 5) is 0. The Labute approximate surface area is 116 Å². The first-order chi connectivity index (χ1) is 9.10. The number of thioether (sulfide) groups is 1. The quantitative estimate of drug-likeness (QED) is 0.819. The fourth-order valence-electron chi connectivity index (χ4n) is 2.36. The van der Waals surface area contributed by atoms with Gasteiger partial charge in [0.2, 0.25) is 0 Å². The fraction of sp³-hybridized carbons (Fsp3) is 0.286. The van der Waals surface area contributed by atoms with Crippen molar-refractivity contribution in [2.24, 2.45) is 11.8 Å². The highest BCUT2D eigenvalue weighted by atomic mass is 32.2. The zero-order chi connectivity index (χ0) is 14.0. The van der Waals surface area contributed by atoms with Gasteiger partial charge in [-0.15, -0.1) is 0 Å². The molecule has 0 radical (unpaired) electrons. The van der Waals surface area contributed by atoms with Crippen molar-refractivity contribution in [3.05, 3.63) is 35.4 Å². The maximum Gasteiger partial charge on any atom is 0.103 e. The molecule has 1 aromatic rings. The molecule has 2 unspecified atom stereocenters. The normalized spacial score (nSPS) is 26.6. The van der Waals surface area contributed by atoms with Gasteiger partial charge in [0.25, 0.3) is 0 Å². The molecular weight excluding hydrogens is 256 g/mol. The molecule has 1 fully saturated rings. The molecule has 19 heavy (non-hydrogen) atoms. The molecule has 4 nitrogen and oxygen atoms in total. The van der Waals surface area contributed by atoms with Crippen LogP contribution in [0.4, 0.5) is 0 Å². The Bertz CT molecular complexity index is 591. The average molecular weight is 268 g/mol. The van der Waals surface area contributed by atoms with Gasteiger partial charge in [-0.25, -0.2) is 0 Å². The molecule has 1 heterocycles. The van der Waals surface area contributed by atoms with Crippen LogP contribution in [0.1, 0.15) is 17.0 Å². The van der Waals surface area contributed by atoms with Gasteiger partial charge in [0.1, 0.15) is 11.8 Å². The van der Waals surface area contributed by atoms with E-state index in [4.69, 9.17) is 10.8 Å². The van der Waals surface area contributed by atoms with Crippen molar-refractivity contribution in [1.29, 1.82) is 21.3 Å². The number of nitriles is 2. The fourth-order valence-corrected chi connectivity index (χ4v) is 3.25. The molecule has 94 valence electrons. The SMILES string of the molecule is Cc1ccccc1C1C(C#N)C(=N)SC(=N)C1C#N. The number of nitrogens with one attached hydrogen (secondary N) is 2. The molecule has 2 rings (SSSR count). The summed E-state index contributed by atoms with van der Waals surface area (Å²) in [5.41, 5.74) is 1.87. The van der Waals surface area contributed by atoms with Crippen molar-refractivity contribution in [2.45, 2.75) is 12.8 Å². The number of nitrogens with zero attached hydrogens (tertiary/aromatic N) is 2. The van der Waals surface area contributed by atoms with Crippen molar-refractivity contribution in [3.8, 4) is 12.1 Å². The minimum absolute atomic E-state index is 0.159. The van der Waals surface area contributed by atoms with E-state index in [1.165, 1.54) is 0 Å². The van der Waals surface area contributed by atoms with Crippen molar-refractivity contribution in [1.82, 2.24) is 0 Å². The van der Waals surface area contributed by atoms with Gasteiger partial charge in [0, 0.05) is 5.92 Å². The molecule has 1 saturated heterocycles. The lowest BCUT2D eigenvalue weighted by Crippen LogP contribution is -2.34. The molecule has 5 heteroatoms. The van der Waals surface area contributed by atoms with Crippen LogP contribution >= 0.6 is 11.8 Å². The van der Waals surface area contributed by atoms with E-state index in [9.17, 15) is 10.5 Å². The molecule has 1 aromatic carbocycles. The standard InChI is InChI=1S/C14H12N4S/c1-8-4-2-3-5-9(8)12-10(6-15)13(17)19-14(18)11(12)7-16/h2-5,10-12,17-18H,1H3. The molecule has 0 bridgehead atoms. The lowest BCUT2D eigenvalue weighted by Gasteiger charge is -2.32. The molecule has 1 aliphatic heterocycles. The van der Waals surface area contributed by atoms with Crippen molar-refractivity contribution >= 4 is 21.8 Å². The van der Waals surface area contributed by atoms with E-state index in [2.05, 4.69) is 12.1 Å². The molecule has 0 spiro atoms. The molecule has 0 saturated carbocycles. The van der Waals surface area contributed by atoms with Gasteiger partial charge in [0.15, 0.2) is 0 Å². The Kier molecular flexibility index (Phi) is 3.69. The molecular formula is C14H12N4S. The highest BCUT2D eigenvalue weighted by Crippen LogP contribution is 2.43. The minimum Gasteiger partial charge on any atom is -0.297 e. The van der Waals surface area contributed by atoms with Crippen LogP contribution in [0.5, 0.6) is 0 Å². The minimum atomic E-state index is -0.648. The third-order valence-electron chi connectivity index (χ3n) is 3.33. The molecule has 0 aliphatic carbocycles. The first-order valence-electron chi connectivity index (χ1n) is 5.79. The van der Waals surface area contributed by atoms with Crippen LogP contribution in [0.3, 0.4) is 0 Å². The van der Waals surface area contributed by atoms with E-state index in [0.29, 0.717) is 0 Å². The average Bonchev–Trinajstić information content (AvgIpc) is 2.38. The van der Waals surface area contributed by atoms with E-state index < -0.39 is 17.8 Å². The van der Waals surface area contributed by atoms with Crippen molar-refractivity contribution < 1.29 is 0 Å². The number of aryl methyl sites for hydroxylation is 1. The number of hydrogen-bond acceptors (Lipinski definition) is 5. The smallest absolute Gasteiger partial charge is 0.103 e. The second kappa shape index (κ2) is 5.26. The molecule has 1 aliphatic rings. The highest BCUT2D eigenvalue weighted by molar-refractivity contribution is 8.26. The summed E-state index contributed by atoms with van der Waals surface area (Å²) in [5.74, 6) is -1.72. The molecule has 2 atom stereocenters. The topological polar surface area (TPSA) is 95.3 Å². The van der Waals surface area contributed by atoms with E-state index in [1.54, 1.807) is 0 Å². The Hall–Kier alpha value is -2.11. The first kappa shape index (κ1) is 13.3. The second-order valence-electron chi connectivity index (χ2n) is 4.43. The van der Waals surface area contributed by atoms with Crippen LogP contribution in [-0.2, 0) is 0 Å². The third kappa shape index (κ3) is 2.25. The summed E-state index contributed by atoms with van der Waals surface area (Å²) >= 11 is 0.933. The Morgan fingerprint density at radius 3 is 2.05 bits per heavy atom. The molecule has 0 aromatic heterocycles. The maximum absolute atomic E-state index is 9.30. The van der Waals surface area contributed by atoms with Gasteiger partial charge >= 0.3 is 0 Å². The van der Waals surface area contributed by atoms with Crippen molar-refractivity contribution in [2.75, 3.05) is 0 Å². The van der Waals surface area contributed by atoms with Gasteiger partial charge in [-0.2, -0.15) is 10.5 Å². The zero-order valence-corrected chi connectivity index (χ0v) is 11.2. The largest absolute Gasteiger partial charge is 0.297 e. The van der Waals surface area contributed by atoms with Crippen LogP contribution in [0.15, 0.2) is 24.3 Å². The summed E-state index contributed by atoms with van der Waals surface area (Å²) < 4.78 is 0.